The number of carbonyl (C=O) groups excluding carboxylic acids is 1. The zero-order chi connectivity index (χ0) is 8.48. The minimum Gasteiger partial charge on any atom is -0.534 e. The second kappa shape index (κ2) is 3.88. The molecule has 1 rings (SSSR count). The molecule has 0 radical (unpaired) electrons. The van der Waals surface area contributed by atoms with Gasteiger partial charge in [0, 0.05) is 5.41 Å². The van der Waals surface area contributed by atoms with E-state index in [1.54, 1.807) is 6.29 Å². The maximum Gasteiger partial charge on any atom is 1.00 e. The van der Waals surface area contributed by atoms with Gasteiger partial charge in [-0.25, -0.2) is 4.98 Å². The summed E-state index contributed by atoms with van der Waals surface area (Å²) < 4.78 is 4.80. The van der Waals surface area contributed by atoms with Crippen LogP contribution in [0, 0.1) is 0 Å². The number of hydrogen-bond acceptors (Lipinski definition) is 4. The predicted octanol–water partition coefficient (Wildman–Crippen LogP) is -2.17. The summed E-state index contributed by atoms with van der Waals surface area (Å²) in [7, 11) is 0. The summed E-state index contributed by atoms with van der Waals surface area (Å²) in [5.74, 6) is 0.436. The van der Waals surface area contributed by atoms with Crippen LogP contribution in [-0.4, -0.2) is 16.4 Å². The third kappa shape index (κ3) is 2.47. The normalized spacial score (nSPS) is 10.6. The molecule has 0 amide bonds. The zero-order valence-corrected chi connectivity index (χ0v) is 7.71. The second-order valence-electron chi connectivity index (χ2n) is 3.28. The molecule has 0 aliphatic carbocycles. The SMILES string of the molecule is CC(C)(C)c1nc([C-]=O)no1.[Li+]. The van der Waals surface area contributed by atoms with E-state index in [2.05, 4.69) is 10.1 Å². The number of aromatic nitrogens is 2. The summed E-state index contributed by atoms with van der Waals surface area (Å²) in [6.45, 7) is 5.78. The largest absolute Gasteiger partial charge is 1.00 e. The van der Waals surface area contributed by atoms with Gasteiger partial charge in [0.1, 0.15) is 0 Å². The van der Waals surface area contributed by atoms with Gasteiger partial charge in [0.05, 0.1) is 5.82 Å². The maximum absolute atomic E-state index is 10.0. The molecular weight excluding hydrogens is 151 g/mol. The van der Waals surface area contributed by atoms with Gasteiger partial charge in [0.2, 0.25) is 5.89 Å². The smallest absolute Gasteiger partial charge is 0.534 e. The fourth-order valence-electron chi connectivity index (χ4n) is 0.570. The second-order valence-corrected chi connectivity index (χ2v) is 3.28. The van der Waals surface area contributed by atoms with Crippen LogP contribution in [0.5, 0.6) is 0 Å². The van der Waals surface area contributed by atoms with E-state index in [9.17, 15) is 4.79 Å². The quantitative estimate of drug-likeness (QED) is 0.346. The summed E-state index contributed by atoms with van der Waals surface area (Å²) in [4.78, 5) is 13.8. The Morgan fingerprint density at radius 1 is 1.42 bits per heavy atom. The Balaban J connectivity index is 0.00000121. The van der Waals surface area contributed by atoms with Gasteiger partial charge in [0.25, 0.3) is 0 Å². The maximum atomic E-state index is 10.0. The van der Waals surface area contributed by atoms with Crippen molar-refractivity contribution < 1.29 is 28.2 Å². The average Bonchev–Trinajstić information content (AvgIpc) is 2.32. The molecule has 5 heteroatoms. The van der Waals surface area contributed by atoms with Crippen molar-refractivity contribution >= 4 is 6.29 Å². The molecule has 0 unspecified atom stereocenters. The summed E-state index contributed by atoms with van der Waals surface area (Å²) in [6.07, 6.45) is 1.55. The Hall–Kier alpha value is -0.593. The molecule has 0 saturated heterocycles. The van der Waals surface area contributed by atoms with E-state index in [-0.39, 0.29) is 30.1 Å². The molecule has 0 N–H and O–H groups in total. The molecule has 0 aromatic carbocycles. The molecule has 60 valence electrons. The Morgan fingerprint density at radius 2 is 2.00 bits per heavy atom. The molecule has 4 nitrogen and oxygen atoms in total. The summed E-state index contributed by atoms with van der Waals surface area (Å²) in [5, 5.41) is 3.39. The molecule has 12 heavy (non-hydrogen) atoms. The van der Waals surface area contributed by atoms with Crippen LogP contribution < -0.4 is 18.9 Å². The standard InChI is InChI=1S/C7H9N2O2.Li/c1-7(2,3)6-8-5(4-10)9-11-6;/h1-3H3;/q-1;+1. The minimum absolute atomic E-state index is 0. The van der Waals surface area contributed by atoms with Crippen LogP contribution in [0.2, 0.25) is 0 Å². The number of hydrogen-bond donors (Lipinski definition) is 0. The first-order valence-electron chi connectivity index (χ1n) is 3.26. The van der Waals surface area contributed by atoms with Gasteiger partial charge in [-0.2, -0.15) is 6.29 Å². The van der Waals surface area contributed by atoms with Crippen molar-refractivity contribution in [3.63, 3.8) is 0 Å². The van der Waals surface area contributed by atoms with Crippen LogP contribution >= 0.6 is 0 Å². The van der Waals surface area contributed by atoms with Crippen molar-refractivity contribution in [2.45, 2.75) is 26.2 Å². The van der Waals surface area contributed by atoms with Crippen LogP contribution in [-0.2, 0) is 10.2 Å². The summed E-state index contributed by atoms with van der Waals surface area (Å²) >= 11 is 0. The van der Waals surface area contributed by atoms with Gasteiger partial charge in [0.15, 0.2) is 0 Å². The van der Waals surface area contributed by atoms with Crippen molar-refractivity contribution in [2.24, 2.45) is 0 Å². The Morgan fingerprint density at radius 3 is 2.25 bits per heavy atom. The molecule has 1 aromatic rings. The molecule has 0 spiro atoms. The number of rotatable bonds is 1. The van der Waals surface area contributed by atoms with Crippen LogP contribution in [0.4, 0.5) is 0 Å². The van der Waals surface area contributed by atoms with Gasteiger partial charge >= 0.3 is 18.9 Å². The predicted molar refractivity (Wildman–Crippen MR) is 37.8 cm³/mol. The molecule has 0 aliphatic rings. The molecule has 1 heterocycles. The van der Waals surface area contributed by atoms with Crippen LogP contribution in [0.15, 0.2) is 4.52 Å². The first kappa shape index (κ1) is 11.4. The van der Waals surface area contributed by atoms with Crippen molar-refractivity contribution in [2.75, 3.05) is 0 Å². The van der Waals surface area contributed by atoms with E-state index < -0.39 is 0 Å². The van der Waals surface area contributed by atoms with E-state index in [0.717, 1.165) is 0 Å². The van der Waals surface area contributed by atoms with Crippen LogP contribution in [0.25, 0.3) is 0 Å². The fourth-order valence-corrected chi connectivity index (χ4v) is 0.570. The Kier molecular flexibility index (Phi) is 3.69. The topological polar surface area (TPSA) is 56.0 Å². The minimum atomic E-state index is -0.206. The molecular formula is C7H9LiN2O2. The molecule has 0 aliphatic heterocycles. The van der Waals surface area contributed by atoms with E-state index in [4.69, 9.17) is 4.52 Å². The van der Waals surface area contributed by atoms with Crippen LogP contribution in [0.1, 0.15) is 32.5 Å². The van der Waals surface area contributed by atoms with Crippen molar-refractivity contribution in [3.8, 4) is 0 Å². The summed E-state index contributed by atoms with van der Waals surface area (Å²) in [6, 6.07) is 0. The van der Waals surface area contributed by atoms with E-state index >= 15 is 0 Å². The molecule has 0 bridgehead atoms. The van der Waals surface area contributed by atoms with E-state index in [0.29, 0.717) is 5.89 Å². The van der Waals surface area contributed by atoms with Crippen molar-refractivity contribution in [3.05, 3.63) is 11.7 Å². The summed E-state index contributed by atoms with van der Waals surface area (Å²) in [5.41, 5.74) is -0.206. The van der Waals surface area contributed by atoms with Gasteiger partial charge in [-0.05, 0) is 0 Å². The van der Waals surface area contributed by atoms with Gasteiger partial charge in [-0.3, -0.25) is 0 Å². The van der Waals surface area contributed by atoms with Gasteiger partial charge in [-0.15, -0.1) is 0 Å². The molecule has 0 atom stereocenters. The molecule has 1 aromatic heterocycles. The molecule has 0 saturated carbocycles. The van der Waals surface area contributed by atoms with E-state index in [1.165, 1.54) is 0 Å². The first-order chi connectivity index (χ1) is 5.04. The molecule has 0 fully saturated rings. The average molecular weight is 160 g/mol. The third-order valence-electron chi connectivity index (χ3n) is 1.16. The number of nitrogens with zero attached hydrogens (tertiary/aromatic N) is 2. The van der Waals surface area contributed by atoms with Crippen molar-refractivity contribution in [1.82, 2.24) is 10.1 Å². The zero-order valence-electron chi connectivity index (χ0n) is 7.71. The monoisotopic (exact) mass is 160 g/mol. The Labute approximate surface area is 82.9 Å². The third-order valence-corrected chi connectivity index (χ3v) is 1.16. The van der Waals surface area contributed by atoms with Gasteiger partial charge in [-0.1, -0.05) is 25.9 Å². The van der Waals surface area contributed by atoms with Gasteiger partial charge < -0.3 is 9.32 Å². The van der Waals surface area contributed by atoms with Crippen molar-refractivity contribution in [1.29, 1.82) is 0 Å². The van der Waals surface area contributed by atoms with E-state index in [1.807, 2.05) is 20.8 Å². The first-order valence-corrected chi connectivity index (χ1v) is 3.26. The Bertz CT molecular complexity index is 265. The fraction of sp³-hybridized carbons (Fsp3) is 0.571. The van der Waals surface area contributed by atoms with Crippen LogP contribution in [0.3, 0.4) is 0 Å².